The molecule has 1 aliphatic rings. The van der Waals surface area contributed by atoms with E-state index in [1.165, 1.54) is 16.7 Å². The standard InChI is InChI=1S/C22H25N/c1-22(2,3)21-12-10-18(11-13-21)7-6-15-23-16-14-19-8-4-5-9-20(19)17-23/h4-5,8-13H,14-17H2,1-3H3. The fourth-order valence-electron chi connectivity index (χ4n) is 3.00. The number of rotatable bonds is 1. The molecule has 118 valence electrons. The third kappa shape index (κ3) is 4.03. The molecule has 0 fully saturated rings. The fourth-order valence-corrected chi connectivity index (χ4v) is 3.00. The summed E-state index contributed by atoms with van der Waals surface area (Å²) in [6, 6.07) is 17.4. The van der Waals surface area contributed by atoms with E-state index < -0.39 is 0 Å². The van der Waals surface area contributed by atoms with Crippen molar-refractivity contribution in [2.24, 2.45) is 0 Å². The Morgan fingerprint density at radius 1 is 0.957 bits per heavy atom. The first kappa shape index (κ1) is 15.8. The van der Waals surface area contributed by atoms with Gasteiger partial charge in [-0.05, 0) is 40.7 Å². The summed E-state index contributed by atoms with van der Waals surface area (Å²) in [4.78, 5) is 2.43. The maximum atomic E-state index is 3.34. The van der Waals surface area contributed by atoms with Crippen LogP contribution in [-0.4, -0.2) is 18.0 Å². The minimum atomic E-state index is 0.202. The quantitative estimate of drug-likeness (QED) is 0.706. The Morgan fingerprint density at radius 3 is 2.35 bits per heavy atom. The lowest BCUT2D eigenvalue weighted by atomic mass is 9.87. The minimum Gasteiger partial charge on any atom is -0.288 e. The lowest BCUT2D eigenvalue weighted by Crippen LogP contribution is -2.30. The van der Waals surface area contributed by atoms with Crippen LogP contribution in [0, 0.1) is 11.8 Å². The minimum absolute atomic E-state index is 0.202. The molecule has 2 aromatic rings. The van der Waals surface area contributed by atoms with E-state index in [0.29, 0.717) is 0 Å². The van der Waals surface area contributed by atoms with Crippen molar-refractivity contribution in [3.05, 3.63) is 70.8 Å². The monoisotopic (exact) mass is 303 g/mol. The van der Waals surface area contributed by atoms with Gasteiger partial charge in [-0.25, -0.2) is 0 Å². The molecule has 1 heteroatoms. The van der Waals surface area contributed by atoms with Crippen LogP contribution < -0.4 is 0 Å². The molecule has 1 heterocycles. The molecule has 3 rings (SSSR count). The Morgan fingerprint density at radius 2 is 1.65 bits per heavy atom. The smallest absolute Gasteiger partial charge is 0.0608 e. The molecule has 0 saturated heterocycles. The van der Waals surface area contributed by atoms with Crippen LogP contribution >= 0.6 is 0 Å². The predicted molar refractivity (Wildman–Crippen MR) is 97.4 cm³/mol. The van der Waals surface area contributed by atoms with Gasteiger partial charge >= 0.3 is 0 Å². The lowest BCUT2D eigenvalue weighted by molar-refractivity contribution is 0.286. The Labute approximate surface area is 140 Å². The van der Waals surface area contributed by atoms with Crippen LogP contribution in [0.15, 0.2) is 48.5 Å². The average molecular weight is 303 g/mol. The van der Waals surface area contributed by atoms with E-state index in [9.17, 15) is 0 Å². The molecule has 23 heavy (non-hydrogen) atoms. The molecule has 0 N–H and O–H groups in total. The van der Waals surface area contributed by atoms with Gasteiger partial charge in [0.15, 0.2) is 0 Å². The fraction of sp³-hybridized carbons (Fsp3) is 0.364. The zero-order chi connectivity index (χ0) is 16.3. The number of hydrogen-bond acceptors (Lipinski definition) is 1. The van der Waals surface area contributed by atoms with Gasteiger partial charge in [-0.1, -0.05) is 69.0 Å². The Balaban J connectivity index is 1.61. The molecule has 0 bridgehead atoms. The van der Waals surface area contributed by atoms with Gasteiger partial charge in [0.2, 0.25) is 0 Å². The van der Waals surface area contributed by atoms with Gasteiger partial charge < -0.3 is 0 Å². The highest BCUT2D eigenvalue weighted by atomic mass is 15.1. The molecule has 0 aromatic heterocycles. The van der Waals surface area contributed by atoms with Crippen LogP contribution in [0.5, 0.6) is 0 Å². The molecule has 0 aliphatic carbocycles. The molecular weight excluding hydrogens is 278 g/mol. The first-order chi connectivity index (χ1) is 11.0. The number of nitrogens with zero attached hydrogens (tertiary/aromatic N) is 1. The maximum Gasteiger partial charge on any atom is 0.0608 e. The van der Waals surface area contributed by atoms with E-state index in [1.807, 2.05) is 0 Å². The zero-order valence-corrected chi connectivity index (χ0v) is 14.4. The summed E-state index contributed by atoms with van der Waals surface area (Å²) in [6.07, 6.45) is 1.14. The number of benzene rings is 2. The molecule has 0 saturated carbocycles. The summed E-state index contributed by atoms with van der Waals surface area (Å²) in [7, 11) is 0. The molecule has 0 amide bonds. The van der Waals surface area contributed by atoms with Crippen LogP contribution in [0.1, 0.15) is 43.0 Å². The van der Waals surface area contributed by atoms with Gasteiger partial charge in [0, 0.05) is 18.7 Å². The Hall–Kier alpha value is -2.04. The SMILES string of the molecule is CC(C)(C)c1ccc(C#CCN2CCc3ccccc3C2)cc1. The highest BCUT2D eigenvalue weighted by molar-refractivity contribution is 5.38. The van der Waals surface area contributed by atoms with Crippen LogP contribution in [0.25, 0.3) is 0 Å². The second kappa shape index (κ2) is 6.60. The summed E-state index contributed by atoms with van der Waals surface area (Å²) in [6.45, 7) is 9.68. The third-order valence-electron chi connectivity index (χ3n) is 4.50. The summed E-state index contributed by atoms with van der Waals surface area (Å²) >= 11 is 0. The van der Waals surface area contributed by atoms with E-state index in [1.54, 1.807) is 0 Å². The summed E-state index contributed by atoms with van der Waals surface area (Å²) in [5.74, 6) is 6.64. The molecule has 0 spiro atoms. The summed E-state index contributed by atoms with van der Waals surface area (Å²) in [5, 5.41) is 0. The van der Waals surface area contributed by atoms with E-state index in [-0.39, 0.29) is 5.41 Å². The molecular formula is C22H25N. The van der Waals surface area contributed by atoms with Gasteiger partial charge in [-0.15, -0.1) is 0 Å². The highest BCUT2D eigenvalue weighted by Gasteiger charge is 2.14. The topological polar surface area (TPSA) is 3.24 Å². The Kier molecular flexibility index (Phi) is 4.55. The molecule has 1 aliphatic heterocycles. The van der Waals surface area contributed by atoms with Crippen molar-refractivity contribution in [1.29, 1.82) is 0 Å². The predicted octanol–water partition coefficient (Wildman–Crippen LogP) is 4.39. The van der Waals surface area contributed by atoms with Crippen molar-refractivity contribution in [2.45, 2.75) is 39.2 Å². The van der Waals surface area contributed by atoms with E-state index in [2.05, 4.69) is 86.0 Å². The summed E-state index contributed by atoms with van der Waals surface area (Å²) in [5.41, 5.74) is 5.61. The first-order valence-electron chi connectivity index (χ1n) is 8.41. The molecule has 0 atom stereocenters. The zero-order valence-electron chi connectivity index (χ0n) is 14.4. The second-order valence-electron chi connectivity index (χ2n) is 7.36. The normalized spacial score (nSPS) is 14.7. The second-order valence-corrected chi connectivity index (χ2v) is 7.36. The third-order valence-corrected chi connectivity index (χ3v) is 4.50. The molecule has 0 radical (unpaired) electrons. The van der Waals surface area contributed by atoms with Crippen LogP contribution in [0.2, 0.25) is 0 Å². The van der Waals surface area contributed by atoms with Gasteiger partial charge in [-0.3, -0.25) is 4.90 Å². The van der Waals surface area contributed by atoms with Crippen molar-refractivity contribution in [3.8, 4) is 11.8 Å². The first-order valence-corrected chi connectivity index (χ1v) is 8.41. The molecule has 1 nitrogen and oxygen atoms in total. The highest BCUT2D eigenvalue weighted by Crippen LogP contribution is 2.22. The van der Waals surface area contributed by atoms with Crippen molar-refractivity contribution in [3.63, 3.8) is 0 Å². The van der Waals surface area contributed by atoms with Gasteiger partial charge in [0.25, 0.3) is 0 Å². The van der Waals surface area contributed by atoms with Gasteiger partial charge in [-0.2, -0.15) is 0 Å². The lowest BCUT2D eigenvalue weighted by Gasteiger charge is -2.26. The van der Waals surface area contributed by atoms with E-state index in [0.717, 1.165) is 31.6 Å². The van der Waals surface area contributed by atoms with E-state index in [4.69, 9.17) is 0 Å². The summed E-state index contributed by atoms with van der Waals surface area (Å²) < 4.78 is 0. The molecule has 2 aromatic carbocycles. The van der Waals surface area contributed by atoms with Gasteiger partial charge in [0.1, 0.15) is 0 Å². The average Bonchev–Trinajstić information content (AvgIpc) is 2.54. The van der Waals surface area contributed by atoms with Crippen molar-refractivity contribution >= 4 is 0 Å². The van der Waals surface area contributed by atoms with Crippen LogP contribution in [0.4, 0.5) is 0 Å². The van der Waals surface area contributed by atoms with Crippen LogP contribution in [0.3, 0.4) is 0 Å². The van der Waals surface area contributed by atoms with Crippen molar-refractivity contribution < 1.29 is 0 Å². The largest absolute Gasteiger partial charge is 0.288 e. The van der Waals surface area contributed by atoms with E-state index >= 15 is 0 Å². The Bertz CT molecular complexity index is 723. The van der Waals surface area contributed by atoms with Crippen molar-refractivity contribution in [2.75, 3.05) is 13.1 Å². The number of hydrogen-bond donors (Lipinski definition) is 0. The van der Waals surface area contributed by atoms with Crippen LogP contribution in [-0.2, 0) is 18.4 Å². The van der Waals surface area contributed by atoms with Crippen molar-refractivity contribution in [1.82, 2.24) is 4.90 Å². The number of fused-ring (bicyclic) bond motifs is 1. The van der Waals surface area contributed by atoms with Gasteiger partial charge in [0.05, 0.1) is 6.54 Å². The maximum absolute atomic E-state index is 3.34. The molecule has 0 unspecified atom stereocenters.